The highest BCUT2D eigenvalue weighted by atomic mass is 35.5. The third-order valence-electron chi connectivity index (χ3n) is 3.85. The zero-order valence-corrected chi connectivity index (χ0v) is 17.3. The second kappa shape index (κ2) is 7.73. The molecule has 0 bridgehead atoms. The minimum absolute atomic E-state index is 0.0578. The van der Waals surface area contributed by atoms with Crippen LogP contribution in [-0.4, -0.2) is 16.8 Å². The Morgan fingerprint density at radius 1 is 0.750 bits per heavy atom. The van der Waals surface area contributed by atoms with Gasteiger partial charge in [0.2, 0.25) is 10.0 Å². The Hall–Kier alpha value is -2.10. The zero-order chi connectivity index (χ0) is 20.5. The molecule has 146 valence electrons. The Bertz CT molecular complexity index is 1260. The lowest BCUT2D eigenvalue weighted by Crippen LogP contribution is -2.19. The van der Waals surface area contributed by atoms with E-state index in [0.29, 0.717) is 16.1 Å². The number of nitrogens with two attached hydrogens (primary N) is 1. The van der Waals surface area contributed by atoms with Gasteiger partial charge in [-0.05, 0) is 35.9 Å². The number of rotatable bonds is 5. The highest BCUT2D eigenvalue weighted by Crippen LogP contribution is 2.33. The minimum atomic E-state index is -4.14. The van der Waals surface area contributed by atoms with Crippen molar-refractivity contribution in [3.05, 3.63) is 76.8 Å². The summed E-state index contributed by atoms with van der Waals surface area (Å²) in [7, 11) is -8.26. The van der Waals surface area contributed by atoms with Crippen molar-refractivity contribution < 1.29 is 16.8 Å². The van der Waals surface area contributed by atoms with E-state index >= 15 is 0 Å². The molecule has 0 aliphatic rings. The van der Waals surface area contributed by atoms with E-state index in [0.717, 1.165) is 0 Å². The van der Waals surface area contributed by atoms with Gasteiger partial charge in [-0.25, -0.2) is 22.0 Å². The van der Waals surface area contributed by atoms with Crippen molar-refractivity contribution in [2.24, 2.45) is 5.14 Å². The Kier molecular flexibility index (Phi) is 5.69. The number of hydrogen-bond acceptors (Lipinski definition) is 4. The molecule has 0 fully saturated rings. The molecule has 10 heteroatoms. The van der Waals surface area contributed by atoms with Crippen molar-refractivity contribution in [1.29, 1.82) is 0 Å². The summed E-state index contributed by atoms with van der Waals surface area (Å²) in [5, 5.41) is 5.79. The van der Waals surface area contributed by atoms with Crippen molar-refractivity contribution in [2.75, 3.05) is 4.72 Å². The van der Waals surface area contributed by atoms with Crippen molar-refractivity contribution >= 4 is 48.9 Å². The lowest BCUT2D eigenvalue weighted by Gasteiger charge is -2.14. The van der Waals surface area contributed by atoms with Crippen molar-refractivity contribution in [2.45, 2.75) is 9.79 Å². The second-order valence-electron chi connectivity index (χ2n) is 5.77. The topological polar surface area (TPSA) is 106 Å². The highest BCUT2D eigenvalue weighted by Gasteiger charge is 2.23. The molecule has 3 aromatic rings. The van der Waals surface area contributed by atoms with Crippen LogP contribution in [0.5, 0.6) is 0 Å². The molecule has 0 atom stereocenters. The first-order valence-electron chi connectivity index (χ1n) is 7.79. The molecule has 0 aliphatic carbocycles. The molecule has 3 rings (SSSR count). The van der Waals surface area contributed by atoms with Gasteiger partial charge in [0.25, 0.3) is 10.0 Å². The molecule has 0 saturated carbocycles. The number of benzene rings is 3. The van der Waals surface area contributed by atoms with Gasteiger partial charge in [0, 0.05) is 5.56 Å². The maximum absolute atomic E-state index is 13.0. The van der Waals surface area contributed by atoms with E-state index in [4.69, 9.17) is 28.3 Å². The standard InChI is InChI=1S/C18H14Cl2N2O4S2/c19-14-10-9-12(11-15(14)20)13-5-1-3-7-17(13)28(25,26)22-16-6-2-4-8-18(16)27(21,23)24/h1-11,22H,(H2,21,23,24). The quantitative estimate of drug-likeness (QED) is 0.601. The average Bonchev–Trinajstić information content (AvgIpc) is 2.63. The lowest BCUT2D eigenvalue weighted by atomic mass is 10.1. The first-order chi connectivity index (χ1) is 13.1. The van der Waals surface area contributed by atoms with Gasteiger partial charge >= 0.3 is 0 Å². The van der Waals surface area contributed by atoms with Crippen LogP contribution in [-0.2, 0) is 20.0 Å². The van der Waals surface area contributed by atoms with Gasteiger partial charge in [0.15, 0.2) is 0 Å². The van der Waals surface area contributed by atoms with Gasteiger partial charge in [-0.3, -0.25) is 4.72 Å². The molecule has 28 heavy (non-hydrogen) atoms. The van der Waals surface area contributed by atoms with Crippen molar-refractivity contribution in [3.8, 4) is 11.1 Å². The van der Waals surface area contributed by atoms with Gasteiger partial charge in [-0.2, -0.15) is 0 Å². The first kappa shape index (κ1) is 20.6. The van der Waals surface area contributed by atoms with Gasteiger partial charge in [-0.1, -0.05) is 59.6 Å². The van der Waals surface area contributed by atoms with E-state index in [1.165, 1.54) is 30.3 Å². The average molecular weight is 457 g/mol. The molecule has 3 aromatic carbocycles. The molecule has 0 saturated heterocycles. The van der Waals surface area contributed by atoms with E-state index in [1.807, 2.05) is 0 Å². The number of para-hydroxylation sites is 1. The maximum Gasteiger partial charge on any atom is 0.262 e. The Labute approximate surface area is 173 Å². The van der Waals surface area contributed by atoms with Crippen LogP contribution in [0, 0.1) is 0 Å². The summed E-state index contributed by atoms with van der Waals surface area (Å²) in [6.45, 7) is 0. The predicted molar refractivity (Wildman–Crippen MR) is 111 cm³/mol. The minimum Gasteiger partial charge on any atom is -0.278 e. The predicted octanol–water partition coefficient (Wildman–Crippen LogP) is 4.11. The van der Waals surface area contributed by atoms with Gasteiger partial charge in [0.05, 0.1) is 20.6 Å². The summed E-state index contributed by atoms with van der Waals surface area (Å²) >= 11 is 12.0. The number of anilines is 1. The fourth-order valence-corrected chi connectivity index (χ4v) is 4.97. The summed E-state index contributed by atoms with van der Waals surface area (Å²) in [6, 6.07) is 16.5. The number of primary sulfonamides is 1. The molecule has 3 N–H and O–H groups in total. The fourth-order valence-electron chi connectivity index (χ4n) is 2.60. The van der Waals surface area contributed by atoms with Crippen LogP contribution >= 0.6 is 23.2 Å². The van der Waals surface area contributed by atoms with Crippen LogP contribution in [0.25, 0.3) is 11.1 Å². The SMILES string of the molecule is NS(=O)(=O)c1ccccc1NS(=O)(=O)c1ccccc1-c1ccc(Cl)c(Cl)c1. The monoisotopic (exact) mass is 456 g/mol. The molecule has 0 heterocycles. The lowest BCUT2D eigenvalue weighted by molar-refractivity contribution is 0.598. The van der Waals surface area contributed by atoms with Crippen LogP contribution in [0.2, 0.25) is 10.0 Å². The van der Waals surface area contributed by atoms with E-state index in [1.54, 1.807) is 36.4 Å². The number of halogens is 2. The second-order valence-corrected chi connectivity index (χ2v) is 9.77. The van der Waals surface area contributed by atoms with E-state index < -0.39 is 20.0 Å². The molecule has 0 aliphatic heterocycles. The third-order valence-corrected chi connectivity index (χ3v) is 6.98. The number of nitrogens with one attached hydrogen (secondary N) is 1. The van der Waals surface area contributed by atoms with Crippen LogP contribution in [0.3, 0.4) is 0 Å². The Balaban J connectivity index is 2.11. The number of sulfonamides is 2. The molecular weight excluding hydrogens is 443 g/mol. The van der Waals surface area contributed by atoms with E-state index in [2.05, 4.69) is 4.72 Å². The van der Waals surface area contributed by atoms with Gasteiger partial charge < -0.3 is 0 Å². The maximum atomic E-state index is 13.0. The molecule has 0 amide bonds. The summed E-state index contributed by atoms with van der Waals surface area (Å²) in [5.74, 6) is 0. The normalized spacial score (nSPS) is 12.0. The molecule has 0 spiro atoms. The van der Waals surface area contributed by atoms with Crippen LogP contribution in [0.4, 0.5) is 5.69 Å². The van der Waals surface area contributed by atoms with Gasteiger partial charge in [-0.15, -0.1) is 0 Å². The Morgan fingerprint density at radius 3 is 2.00 bits per heavy atom. The van der Waals surface area contributed by atoms with Gasteiger partial charge in [0.1, 0.15) is 4.90 Å². The first-order valence-corrected chi connectivity index (χ1v) is 11.6. The summed E-state index contributed by atoms with van der Waals surface area (Å²) < 4.78 is 51.8. The smallest absolute Gasteiger partial charge is 0.262 e. The molecule has 6 nitrogen and oxygen atoms in total. The van der Waals surface area contributed by atoms with Crippen molar-refractivity contribution in [1.82, 2.24) is 0 Å². The third kappa shape index (κ3) is 4.31. The van der Waals surface area contributed by atoms with Crippen molar-refractivity contribution in [3.63, 3.8) is 0 Å². The highest BCUT2D eigenvalue weighted by molar-refractivity contribution is 7.93. The largest absolute Gasteiger partial charge is 0.278 e. The van der Waals surface area contributed by atoms with E-state index in [-0.39, 0.29) is 20.5 Å². The number of hydrogen-bond donors (Lipinski definition) is 2. The zero-order valence-electron chi connectivity index (χ0n) is 14.1. The summed E-state index contributed by atoms with van der Waals surface area (Å²) in [4.78, 5) is -0.386. The summed E-state index contributed by atoms with van der Waals surface area (Å²) in [5.41, 5.74) is 0.769. The van der Waals surface area contributed by atoms with Crippen LogP contribution < -0.4 is 9.86 Å². The molecule has 0 aromatic heterocycles. The van der Waals surface area contributed by atoms with E-state index in [9.17, 15) is 16.8 Å². The van der Waals surface area contributed by atoms with Crippen LogP contribution in [0.15, 0.2) is 76.5 Å². The fraction of sp³-hybridized carbons (Fsp3) is 0. The Morgan fingerprint density at radius 2 is 1.36 bits per heavy atom. The summed E-state index contributed by atoms with van der Waals surface area (Å²) in [6.07, 6.45) is 0. The molecular formula is C18H14Cl2N2O4S2. The molecule has 0 radical (unpaired) electrons. The molecule has 0 unspecified atom stereocenters. The van der Waals surface area contributed by atoms with Crippen LogP contribution in [0.1, 0.15) is 0 Å².